The van der Waals surface area contributed by atoms with E-state index in [0.29, 0.717) is 11.7 Å². The third-order valence-electron chi connectivity index (χ3n) is 4.21. The minimum atomic E-state index is 0.327. The molecule has 1 aliphatic carbocycles. The summed E-state index contributed by atoms with van der Waals surface area (Å²) >= 11 is 0. The van der Waals surface area contributed by atoms with E-state index in [-0.39, 0.29) is 0 Å². The van der Waals surface area contributed by atoms with Gasteiger partial charge in [-0.1, -0.05) is 34.1 Å². The summed E-state index contributed by atoms with van der Waals surface area (Å²) in [7, 11) is 0. The van der Waals surface area contributed by atoms with Crippen molar-refractivity contribution < 1.29 is 4.79 Å². The average molecular weight is 267 g/mol. The van der Waals surface area contributed by atoms with Gasteiger partial charge in [-0.15, -0.1) is 0 Å². The van der Waals surface area contributed by atoms with E-state index in [2.05, 4.69) is 32.6 Å². The number of ketones is 1. The molecule has 0 N–H and O–H groups in total. The molecule has 1 saturated carbocycles. The maximum atomic E-state index is 12.0. The highest BCUT2D eigenvalue weighted by Crippen LogP contribution is 2.22. The summed E-state index contributed by atoms with van der Waals surface area (Å²) in [5.41, 5.74) is 0. The fraction of sp³-hybridized carbons (Fsp3) is 0.941. The van der Waals surface area contributed by atoms with Crippen molar-refractivity contribution in [3.63, 3.8) is 0 Å². The monoisotopic (exact) mass is 267 g/mol. The van der Waals surface area contributed by atoms with Gasteiger partial charge in [-0.2, -0.15) is 0 Å². The lowest BCUT2D eigenvalue weighted by molar-refractivity contribution is -0.125. The highest BCUT2D eigenvalue weighted by Gasteiger charge is 2.24. The van der Waals surface area contributed by atoms with Crippen LogP contribution < -0.4 is 0 Å². The standard InChI is InChI=1S/C17H33NO/c1-14(2)9-11-18(12-10-15(3)4)13-16-7-5-6-8-17(16)19/h14-16H,5-13H2,1-4H3. The van der Waals surface area contributed by atoms with Crippen molar-refractivity contribution in [3.8, 4) is 0 Å². The largest absolute Gasteiger partial charge is 0.303 e. The van der Waals surface area contributed by atoms with Crippen LogP contribution in [-0.4, -0.2) is 30.3 Å². The summed E-state index contributed by atoms with van der Waals surface area (Å²) in [6.45, 7) is 12.5. The van der Waals surface area contributed by atoms with Crippen LogP contribution >= 0.6 is 0 Å². The molecule has 1 aliphatic rings. The normalized spacial score (nSPS) is 20.8. The molecule has 2 heteroatoms. The molecule has 19 heavy (non-hydrogen) atoms. The fourth-order valence-corrected chi connectivity index (χ4v) is 2.74. The van der Waals surface area contributed by atoms with Crippen LogP contribution in [0.15, 0.2) is 0 Å². The Bertz CT molecular complexity index is 248. The molecular formula is C17H33NO. The van der Waals surface area contributed by atoms with Crippen molar-refractivity contribution in [2.75, 3.05) is 19.6 Å². The Morgan fingerprint density at radius 1 is 1.05 bits per heavy atom. The van der Waals surface area contributed by atoms with Gasteiger partial charge in [0.1, 0.15) is 5.78 Å². The molecule has 0 spiro atoms. The number of nitrogens with zero attached hydrogens (tertiary/aromatic N) is 1. The minimum absolute atomic E-state index is 0.327. The molecule has 2 nitrogen and oxygen atoms in total. The Morgan fingerprint density at radius 3 is 2.11 bits per heavy atom. The van der Waals surface area contributed by atoms with E-state index in [4.69, 9.17) is 0 Å². The zero-order chi connectivity index (χ0) is 14.3. The minimum Gasteiger partial charge on any atom is -0.303 e. The van der Waals surface area contributed by atoms with Crippen LogP contribution in [0, 0.1) is 17.8 Å². The van der Waals surface area contributed by atoms with Gasteiger partial charge in [0.15, 0.2) is 0 Å². The van der Waals surface area contributed by atoms with Crippen molar-refractivity contribution in [2.45, 2.75) is 66.2 Å². The van der Waals surface area contributed by atoms with Crippen LogP contribution in [0.4, 0.5) is 0 Å². The van der Waals surface area contributed by atoms with E-state index in [9.17, 15) is 4.79 Å². The van der Waals surface area contributed by atoms with Crippen LogP contribution in [0.5, 0.6) is 0 Å². The zero-order valence-electron chi connectivity index (χ0n) is 13.5. The molecule has 0 aromatic carbocycles. The second-order valence-electron chi connectivity index (χ2n) is 7.07. The first-order chi connectivity index (χ1) is 8.99. The third-order valence-corrected chi connectivity index (χ3v) is 4.21. The summed E-state index contributed by atoms with van der Waals surface area (Å²) in [6, 6.07) is 0. The molecule has 0 amide bonds. The first-order valence-corrected chi connectivity index (χ1v) is 8.24. The SMILES string of the molecule is CC(C)CCN(CCC(C)C)CC1CCCCC1=O. The van der Waals surface area contributed by atoms with Gasteiger partial charge >= 0.3 is 0 Å². The van der Waals surface area contributed by atoms with E-state index < -0.39 is 0 Å². The fourth-order valence-electron chi connectivity index (χ4n) is 2.74. The molecule has 0 aliphatic heterocycles. The number of hydrogen-bond acceptors (Lipinski definition) is 2. The molecule has 0 aromatic rings. The quantitative estimate of drug-likeness (QED) is 0.659. The molecule has 0 heterocycles. The van der Waals surface area contributed by atoms with Crippen molar-refractivity contribution in [3.05, 3.63) is 0 Å². The van der Waals surface area contributed by atoms with Crippen LogP contribution in [0.1, 0.15) is 66.2 Å². The lowest BCUT2D eigenvalue weighted by Gasteiger charge is -2.30. The highest BCUT2D eigenvalue weighted by molar-refractivity contribution is 5.81. The van der Waals surface area contributed by atoms with Crippen molar-refractivity contribution in [1.29, 1.82) is 0 Å². The topological polar surface area (TPSA) is 20.3 Å². The van der Waals surface area contributed by atoms with Gasteiger partial charge in [0, 0.05) is 18.9 Å². The van der Waals surface area contributed by atoms with Crippen LogP contribution in [0.2, 0.25) is 0 Å². The van der Waals surface area contributed by atoms with Gasteiger partial charge in [-0.3, -0.25) is 4.79 Å². The number of rotatable bonds is 8. The Balaban J connectivity index is 2.43. The Morgan fingerprint density at radius 2 is 1.63 bits per heavy atom. The van der Waals surface area contributed by atoms with Crippen LogP contribution in [0.3, 0.4) is 0 Å². The molecule has 0 aromatic heterocycles. The zero-order valence-corrected chi connectivity index (χ0v) is 13.5. The molecule has 112 valence electrons. The molecule has 1 unspecified atom stereocenters. The predicted octanol–water partition coefficient (Wildman–Crippen LogP) is 4.14. The second kappa shape index (κ2) is 8.73. The van der Waals surface area contributed by atoms with Crippen molar-refractivity contribution >= 4 is 5.78 Å². The highest BCUT2D eigenvalue weighted by atomic mass is 16.1. The Kier molecular flexibility index (Phi) is 7.67. The third kappa shape index (κ3) is 7.10. The van der Waals surface area contributed by atoms with Crippen molar-refractivity contribution in [1.82, 2.24) is 4.90 Å². The number of hydrogen-bond donors (Lipinski definition) is 0. The average Bonchev–Trinajstić information content (AvgIpc) is 2.34. The predicted molar refractivity (Wildman–Crippen MR) is 82.3 cm³/mol. The first kappa shape index (κ1) is 16.7. The van der Waals surface area contributed by atoms with Gasteiger partial charge in [0.05, 0.1) is 0 Å². The van der Waals surface area contributed by atoms with Gasteiger partial charge in [0.2, 0.25) is 0 Å². The van der Waals surface area contributed by atoms with Gasteiger partial charge in [0.25, 0.3) is 0 Å². The van der Waals surface area contributed by atoms with Gasteiger partial charge < -0.3 is 4.90 Å². The van der Waals surface area contributed by atoms with Crippen molar-refractivity contribution in [2.24, 2.45) is 17.8 Å². The lowest BCUT2D eigenvalue weighted by atomic mass is 9.87. The van der Waals surface area contributed by atoms with E-state index >= 15 is 0 Å². The maximum Gasteiger partial charge on any atom is 0.137 e. The lowest BCUT2D eigenvalue weighted by Crippen LogP contribution is -2.36. The van der Waals surface area contributed by atoms with Gasteiger partial charge in [-0.25, -0.2) is 0 Å². The molecule has 1 fully saturated rings. The van der Waals surface area contributed by atoms with E-state index in [1.54, 1.807) is 0 Å². The Labute approximate surface area is 119 Å². The molecule has 0 bridgehead atoms. The smallest absolute Gasteiger partial charge is 0.137 e. The van der Waals surface area contributed by atoms with E-state index in [1.807, 2.05) is 0 Å². The Hall–Kier alpha value is -0.370. The molecule has 0 radical (unpaired) electrons. The molecule has 0 saturated heterocycles. The number of Topliss-reactive ketones (excluding diaryl/α,β-unsaturated/α-hetero) is 1. The van der Waals surface area contributed by atoms with Crippen LogP contribution in [-0.2, 0) is 4.79 Å². The molecular weight excluding hydrogens is 234 g/mol. The number of carbonyl (C=O) groups is 1. The summed E-state index contributed by atoms with van der Waals surface area (Å²) in [5, 5.41) is 0. The molecule has 1 atom stereocenters. The van der Waals surface area contributed by atoms with Crippen LogP contribution in [0.25, 0.3) is 0 Å². The van der Waals surface area contributed by atoms with Gasteiger partial charge in [-0.05, 0) is 50.6 Å². The first-order valence-electron chi connectivity index (χ1n) is 8.24. The number of carbonyl (C=O) groups excluding carboxylic acids is 1. The van der Waals surface area contributed by atoms with E-state index in [0.717, 1.165) is 50.7 Å². The summed E-state index contributed by atoms with van der Waals surface area (Å²) < 4.78 is 0. The maximum absolute atomic E-state index is 12.0. The summed E-state index contributed by atoms with van der Waals surface area (Å²) in [4.78, 5) is 14.5. The second-order valence-corrected chi connectivity index (χ2v) is 7.07. The summed E-state index contributed by atoms with van der Waals surface area (Å²) in [5.74, 6) is 2.35. The molecule has 1 rings (SSSR count). The van der Waals surface area contributed by atoms with E-state index in [1.165, 1.54) is 19.3 Å². The summed E-state index contributed by atoms with van der Waals surface area (Å²) in [6.07, 6.45) is 6.81.